The van der Waals surface area contributed by atoms with Gasteiger partial charge in [0, 0.05) is 32.2 Å². The van der Waals surface area contributed by atoms with Gasteiger partial charge in [-0.3, -0.25) is 9.69 Å². The molecule has 24 heavy (non-hydrogen) atoms. The minimum Gasteiger partial charge on any atom is -0.326 e. The summed E-state index contributed by atoms with van der Waals surface area (Å²) in [6.45, 7) is 4.26. The van der Waals surface area contributed by atoms with E-state index < -0.39 is 0 Å². The van der Waals surface area contributed by atoms with Crippen molar-refractivity contribution in [3.63, 3.8) is 0 Å². The molecule has 1 aliphatic rings. The van der Waals surface area contributed by atoms with Crippen molar-refractivity contribution < 1.29 is 9.18 Å². The molecule has 0 saturated heterocycles. The Morgan fingerprint density at radius 1 is 1.12 bits per heavy atom. The Kier molecular flexibility index (Phi) is 5.06. The first kappa shape index (κ1) is 16.4. The van der Waals surface area contributed by atoms with Crippen LogP contribution in [0.1, 0.15) is 24.5 Å². The van der Waals surface area contributed by atoms with E-state index in [-0.39, 0.29) is 11.7 Å². The van der Waals surface area contributed by atoms with Crippen molar-refractivity contribution >= 4 is 17.2 Å². The van der Waals surface area contributed by atoms with Crippen LogP contribution < -0.4 is 5.32 Å². The molecule has 2 aromatic carbocycles. The largest absolute Gasteiger partial charge is 0.326 e. The number of carbonyl (C=O) groups is 1. The molecule has 1 aliphatic heterocycles. The average Bonchev–Trinajstić information content (AvgIpc) is 2.58. The van der Waals surface area contributed by atoms with E-state index in [1.807, 2.05) is 36.4 Å². The summed E-state index contributed by atoms with van der Waals surface area (Å²) in [6, 6.07) is 14.7. The van der Waals surface area contributed by atoms with E-state index in [1.54, 1.807) is 0 Å². The number of nitrogens with one attached hydrogen (secondary N) is 1. The van der Waals surface area contributed by atoms with E-state index in [4.69, 9.17) is 0 Å². The van der Waals surface area contributed by atoms with E-state index in [0.717, 1.165) is 37.3 Å². The highest BCUT2D eigenvalue weighted by Crippen LogP contribution is 2.23. The molecule has 1 heterocycles. The summed E-state index contributed by atoms with van der Waals surface area (Å²) in [7, 11) is 0. The Hall–Kier alpha value is -2.46. The summed E-state index contributed by atoms with van der Waals surface area (Å²) >= 11 is 0. The number of benzene rings is 2. The van der Waals surface area contributed by atoms with Crippen molar-refractivity contribution in [2.24, 2.45) is 0 Å². The molecule has 0 atom stereocenters. The van der Waals surface area contributed by atoms with Gasteiger partial charge in [-0.1, -0.05) is 30.3 Å². The van der Waals surface area contributed by atoms with Crippen LogP contribution in [0.3, 0.4) is 0 Å². The van der Waals surface area contributed by atoms with E-state index >= 15 is 0 Å². The minimum absolute atomic E-state index is 0.0581. The van der Waals surface area contributed by atoms with Gasteiger partial charge in [-0.15, -0.1) is 0 Å². The number of hydrogen-bond donors (Lipinski definition) is 1. The molecular weight excluding hydrogens is 303 g/mol. The maximum Gasteiger partial charge on any atom is 0.221 e. The first-order valence-corrected chi connectivity index (χ1v) is 8.14. The highest BCUT2D eigenvalue weighted by atomic mass is 19.1. The molecule has 3 rings (SSSR count). The molecule has 1 amide bonds. The van der Waals surface area contributed by atoms with Crippen molar-refractivity contribution in [2.45, 2.75) is 19.9 Å². The average molecular weight is 324 g/mol. The Morgan fingerprint density at radius 3 is 2.42 bits per heavy atom. The van der Waals surface area contributed by atoms with Gasteiger partial charge in [0.25, 0.3) is 0 Å². The zero-order valence-corrected chi connectivity index (χ0v) is 13.8. The van der Waals surface area contributed by atoms with Gasteiger partial charge < -0.3 is 5.32 Å². The van der Waals surface area contributed by atoms with Crippen LogP contribution in [0, 0.1) is 5.82 Å². The van der Waals surface area contributed by atoms with Crippen molar-refractivity contribution in [3.05, 3.63) is 71.6 Å². The van der Waals surface area contributed by atoms with Crippen LogP contribution >= 0.6 is 0 Å². The summed E-state index contributed by atoms with van der Waals surface area (Å²) in [5, 5.41) is 2.77. The molecule has 0 saturated carbocycles. The monoisotopic (exact) mass is 324 g/mol. The Bertz CT molecular complexity index is 735. The Labute approximate surface area is 141 Å². The van der Waals surface area contributed by atoms with Gasteiger partial charge >= 0.3 is 0 Å². The van der Waals surface area contributed by atoms with Crippen molar-refractivity contribution in [1.29, 1.82) is 0 Å². The lowest BCUT2D eigenvalue weighted by atomic mass is 9.99. The second-order valence-electron chi connectivity index (χ2n) is 6.10. The fourth-order valence-electron chi connectivity index (χ4n) is 2.94. The topological polar surface area (TPSA) is 32.3 Å². The van der Waals surface area contributed by atoms with Crippen LogP contribution in [-0.4, -0.2) is 23.9 Å². The fraction of sp³-hybridized carbons (Fsp3) is 0.250. The molecule has 0 aliphatic carbocycles. The standard InChI is InChI=1S/C20H21FN2O/c1-15(24)22-20-8-2-16(3-9-20)14-23-12-10-18(11-13-23)17-4-6-19(21)7-5-17/h2-10H,11-14H2,1H3,(H,22,24). The molecule has 1 N–H and O–H groups in total. The Morgan fingerprint density at radius 2 is 1.83 bits per heavy atom. The molecule has 0 unspecified atom stereocenters. The number of halogens is 1. The highest BCUT2D eigenvalue weighted by Gasteiger charge is 2.13. The molecule has 4 heteroatoms. The number of anilines is 1. The number of nitrogens with zero attached hydrogens (tertiary/aromatic N) is 1. The Balaban J connectivity index is 1.58. The van der Waals surface area contributed by atoms with Gasteiger partial charge in [0.2, 0.25) is 5.91 Å². The fourth-order valence-corrected chi connectivity index (χ4v) is 2.94. The van der Waals surface area contributed by atoms with Crippen molar-refractivity contribution in [1.82, 2.24) is 4.90 Å². The van der Waals surface area contributed by atoms with Crippen LogP contribution in [0.5, 0.6) is 0 Å². The van der Waals surface area contributed by atoms with Gasteiger partial charge in [-0.05, 0) is 47.4 Å². The summed E-state index contributed by atoms with van der Waals surface area (Å²) in [6.07, 6.45) is 3.19. The van der Waals surface area contributed by atoms with Gasteiger partial charge in [0.1, 0.15) is 5.82 Å². The third-order valence-electron chi connectivity index (χ3n) is 4.19. The molecule has 2 aromatic rings. The molecule has 3 nitrogen and oxygen atoms in total. The van der Waals surface area contributed by atoms with Gasteiger partial charge in [0.15, 0.2) is 0 Å². The van der Waals surface area contributed by atoms with Crippen molar-refractivity contribution in [3.8, 4) is 0 Å². The predicted octanol–water partition coefficient (Wildman–Crippen LogP) is 4.07. The van der Waals surface area contributed by atoms with E-state index in [1.165, 1.54) is 30.2 Å². The SMILES string of the molecule is CC(=O)Nc1ccc(CN2CC=C(c3ccc(F)cc3)CC2)cc1. The van der Waals surface area contributed by atoms with Crippen molar-refractivity contribution in [2.75, 3.05) is 18.4 Å². The van der Waals surface area contributed by atoms with E-state index in [2.05, 4.69) is 16.3 Å². The second-order valence-corrected chi connectivity index (χ2v) is 6.10. The van der Waals surface area contributed by atoms with Gasteiger partial charge in [0.05, 0.1) is 0 Å². The number of hydrogen-bond acceptors (Lipinski definition) is 2. The normalized spacial score (nSPS) is 15.0. The molecule has 0 fully saturated rings. The third kappa shape index (κ3) is 4.30. The molecule has 0 aromatic heterocycles. The summed E-state index contributed by atoms with van der Waals surface area (Å²) in [5.74, 6) is -0.253. The summed E-state index contributed by atoms with van der Waals surface area (Å²) in [4.78, 5) is 13.4. The van der Waals surface area contributed by atoms with E-state index in [9.17, 15) is 9.18 Å². The highest BCUT2D eigenvalue weighted by molar-refractivity contribution is 5.88. The predicted molar refractivity (Wildman–Crippen MR) is 95.0 cm³/mol. The third-order valence-corrected chi connectivity index (χ3v) is 4.19. The smallest absolute Gasteiger partial charge is 0.221 e. The number of amides is 1. The molecule has 0 spiro atoms. The van der Waals surface area contributed by atoms with Gasteiger partial charge in [-0.25, -0.2) is 4.39 Å². The lowest BCUT2D eigenvalue weighted by Crippen LogP contribution is -2.28. The summed E-state index contributed by atoms with van der Waals surface area (Å²) < 4.78 is 13.0. The minimum atomic E-state index is -0.195. The molecular formula is C20H21FN2O. The zero-order valence-electron chi connectivity index (χ0n) is 13.8. The maximum atomic E-state index is 13.0. The number of carbonyl (C=O) groups excluding carboxylic acids is 1. The summed E-state index contributed by atoms with van der Waals surface area (Å²) in [5.41, 5.74) is 4.44. The number of rotatable bonds is 4. The molecule has 0 radical (unpaired) electrons. The first-order chi connectivity index (χ1) is 11.6. The first-order valence-electron chi connectivity index (χ1n) is 8.14. The van der Waals surface area contributed by atoms with Crippen LogP contribution in [0.15, 0.2) is 54.6 Å². The molecule has 124 valence electrons. The van der Waals surface area contributed by atoms with Crippen LogP contribution in [-0.2, 0) is 11.3 Å². The van der Waals surface area contributed by atoms with Crippen LogP contribution in [0.25, 0.3) is 5.57 Å². The lowest BCUT2D eigenvalue weighted by molar-refractivity contribution is -0.114. The quantitative estimate of drug-likeness (QED) is 0.919. The second kappa shape index (κ2) is 7.41. The van der Waals surface area contributed by atoms with Crippen LogP contribution in [0.2, 0.25) is 0 Å². The maximum absolute atomic E-state index is 13.0. The lowest BCUT2D eigenvalue weighted by Gasteiger charge is -2.26. The zero-order chi connectivity index (χ0) is 16.9. The van der Waals surface area contributed by atoms with Gasteiger partial charge in [-0.2, -0.15) is 0 Å². The van der Waals surface area contributed by atoms with E-state index in [0.29, 0.717) is 0 Å². The van der Waals surface area contributed by atoms with Crippen LogP contribution in [0.4, 0.5) is 10.1 Å². The molecule has 0 bridgehead atoms.